The van der Waals surface area contributed by atoms with Gasteiger partial charge in [0.1, 0.15) is 11.0 Å². The van der Waals surface area contributed by atoms with Gasteiger partial charge in [-0.2, -0.15) is 0 Å². The van der Waals surface area contributed by atoms with Gasteiger partial charge in [-0.25, -0.2) is 0 Å². The van der Waals surface area contributed by atoms with Gasteiger partial charge in [0.2, 0.25) is 0 Å². The zero-order valence-corrected chi connectivity index (χ0v) is 12.9. The number of benzene rings is 2. The quantitative estimate of drug-likeness (QED) is 0.881. The summed E-state index contributed by atoms with van der Waals surface area (Å²) in [5.41, 5.74) is 7.50. The minimum absolute atomic E-state index is 0.0331. The molecule has 2 aromatic rings. The van der Waals surface area contributed by atoms with Gasteiger partial charge in [-0.1, -0.05) is 42.1 Å². The number of carbonyl (C=O) groups is 1. The lowest BCUT2D eigenvalue weighted by Crippen LogP contribution is -2.22. The van der Waals surface area contributed by atoms with Gasteiger partial charge in [0.25, 0.3) is 0 Å². The number of aliphatic imine (C=N–C) groups is 1. The molecule has 0 fully saturated rings. The summed E-state index contributed by atoms with van der Waals surface area (Å²) < 4.78 is 5.12. The van der Waals surface area contributed by atoms with E-state index in [-0.39, 0.29) is 17.1 Å². The van der Waals surface area contributed by atoms with Crippen LogP contribution in [0.25, 0.3) is 0 Å². The third kappa shape index (κ3) is 2.85. The molecule has 22 heavy (non-hydrogen) atoms. The maximum absolute atomic E-state index is 12.8. The normalized spacial score (nSPS) is 20.5. The molecular formula is C17H16N2O2S. The van der Waals surface area contributed by atoms with E-state index in [0.717, 1.165) is 11.3 Å². The number of Topliss-reactive ketones (excluding diaryl/α,β-unsaturated/α-hetero) is 1. The highest BCUT2D eigenvalue weighted by Gasteiger charge is 2.36. The number of nitrogens with two attached hydrogens (primary N) is 1. The lowest BCUT2D eigenvalue weighted by atomic mass is 9.98. The largest absolute Gasteiger partial charge is 0.497 e. The van der Waals surface area contributed by atoms with Crippen LogP contribution in [0.2, 0.25) is 0 Å². The smallest absolute Gasteiger partial charge is 0.178 e. The molecule has 0 aliphatic carbocycles. The number of amidine groups is 1. The fourth-order valence-electron chi connectivity index (χ4n) is 2.45. The predicted octanol–water partition coefficient (Wildman–Crippen LogP) is 3.05. The Bertz CT molecular complexity index is 698. The van der Waals surface area contributed by atoms with Crippen molar-refractivity contribution in [2.75, 3.05) is 7.11 Å². The fourth-order valence-corrected chi connectivity index (χ4v) is 3.47. The molecule has 2 aromatic carbocycles. The fraction of sp³-hybridized carbons (Fsp3) is 0.176. The second kappa shape index (κ2) is 6.23. The molecule has 0 bridgehead atoms. The van der Waals surface area contributed by atoms with E-state index < -0.39 is 0 Å². The van der Waals surface area contributed by atoms with E-state index in [1.54, 1.807) is 31.4 Å². The van der Waals surface area contributed by atoms with Crippen molar-refractivity contribution in [2.24, 2.45) is 10.7 Å². The molecule has 0 amide bonds. The number of thioether (sulfide) groups is 1. The zero-order valence-electron chi connectivity index (χ0n) is 12.1. The Hall–Kier alpha value is -2.27. The van der Waals surface area contributed by atoms with Crippen molar-refractivity contribution >= 4 is 22.7 Å². The van der Waals surface area contributed by atoms with Crippen molar-refractivity contribution in [3.63, 3.8) is 0 Å². The minimum atomic E-state index is -0.323. The first-order valence-electron chi connectivity index (χ1n) is 6.92. The van der Waals surface area contributed by atoms with Gasteiger partial charge in [-0.15, -0.1) is 0 Å². The first kappa shape index (κ1) is 14.7. The van der Waals surface area contributed by atoms with Gasteiger partial charge in [0.15, 0.2) is 11.0 Å². The minimum Gasteiger partial charge on any atom is -0.497 e. The van der Waals surface area contributed by atoms with Crippen LogP contribution in [-0.2, 0) is 0 Å². The molecule has 4 nitrogen and oxygen atoms in total. The Kier molecular flexibility index (Phi) is 4.15. The van der Waals surface area contributed by atoms with E-state index in [4.69, 9.17) is 10.5 Å². The third-order valence-corrected chi connectivity index (χ3v) is 4.65. The third-order valence-electron chi connectivity index (χ3n) is 3.57. The van der Waals surface area contributed by atoms with E-state index in [1.807, 2.05) is 30.3 Å². The molecule has 0 radical (unpaired) electrons. The molecule has 0 saturated carbocycles. The van der Waals surface area contributed by atoms with Gasteiger partial charge in [-0.05, 0) is 29.8 Å². The van der Waals surface area contributed by atoms with Gasteiger partial charge in [0, 0.05) is 5.56 Å². The number of methoxy groups -OCH3 is 1. The Morgan fingerprint density at radius 2 is 1.82 bits per heavy atom. The second-order valence-electron chi connectivity index (χ2n) is 4.95. The summed E-state index contributed by atoms with van der Waals surface area (Å²) in [6.45, 7) is 0. The van der Waals surface area contributed by atoms with E-state index in [0.29, 0.717) is 10.7 Å². The molecule has 3 rings (SSSR count). The Balaban J connectivity index is 1.87. The SMILES string of the molecule is COc1ccc(C(=O)[C@@H]2SC(N)=N[C@H]2c2ccccc2)cc1. The van der Waals surface area contributed by atoms with Crippen LogP contribution in [0.1, 0.15) is 22.0 Å². The Labute approximate surface area is 133 Å². The average Bonchev–Trinajstić information content (AvgIpc) is 2.97. The molecule has 0 saturated heterocycles. The molecule has 0 spiro atoms. The van der Waals surface area contributed by atoms with Crippen molar-refractivity contribution < 1.29 is 9.53 Å². The van der Waals surface area contributed by atoms with Crippen LogP contribution >= 0.6 is 11.8 Å². The summed E-state index contributed by atoms with van der Waals surface area (Å²) in [6, 6.07) is 16.7. The predicted molar refractivity (Wildman–Crippen MR) is 89.5 cm³/mol. The first-order chi connectivity index (χ1) is 10.7. The van der Waals surface area contributed by atoms with Crippen LogP contribution in [-0.4, -0.2) is 23.3 Å². The van der Waals surface area contributed by atoms with E-state index >= 15 is 0 Å². The molecule has 1 heterocycles. The van der Waals surface area contributed by atoms with Crippen LogP contribution in [0.5, 0.6) is 5.75 Å². The molecule has 0 unspecified atom stereocenters. The van der Waals surface area contributed by atoms with Crippen molar-refractivity contribution in [3.05, 3.63) is 65.7 Å². The lowest BCUT2D eigenvalue weighted by molar-refractivity contribution is 0.0983. The van der Waals surface area contributed by atoms with Crippen molar-refractivity contribution in [1.82, 2.24) is 0 Å². The Morgan fingerprint density at radius 1 is 1.14 bits per heavy atom. The lowest BCUT2D eigenvalue weighted by Gasteiger charge is -2.16. The van der Waals surface area contributed by atoms with Crippen LogP contribution in [0.3, 0.4) is 0 Å². The number of rotatable bonds is 4. The Morgan fingerprint density at radius 3 is 2.45 bits per heavy atom. The summed E-state index contributed by atoms with van der Waals surface area (Å²) in [6.07, 6.45) is 0. The molecule has 5 heteroatoms. The maximum atomic E-state index is 12.8. The van der Waals surface area contributed by atoms with Crippen LogP contribution < -0.4 is 10.5 Å². The van der Waals surface area contributed by atoms with E-state index in [2.05, 4.69) is 4.99 Å². The number of ether oxygens (including phenoxy) is 1. The van der Waals surface area contributed by atoms with Gasteiger partial charge < -0.3 is 10.5 Å². The standard InChI is InChI=1S/C17H16N2O2S/c1-21-13-9-7-12(8-10-13)15(20)16-14(19-17(18)22-16)11-5-3-2-4-6-11/h2-10,14,16H,1H3,(H2,18,19)/t14-,16+/m0/s1. The molecule has 2 N–H and O–H groups in total. The van der Waals surface area contributed by atoms with Crippen molar-refractivity contribution in [2.45, 2.75) is 11.3 Å². The monoisotopic (exact) mass is 312 g/mol. The molecule has 2 atom stereocenters. The highest BCUT2D eigenvalue weighted by Crippen LogP contribution is 2.38. The van der Waals surface area contributed by atoms with E-state index in [9.17, 15) is 4.79 Å². The number of nitrogens with zero attached hydrogens (tertiary/aromatic N) is 1. The molecule has 1 aliphatic heterocycles. The summed E-state index contributed by atoms with van der Waals surface area (Å²) in [5.74, 6) is 0.761. The zero-order chi connectivity index (χ0) is 15.5. The van der Waals surface area contributed by atoms with Crippen LogP contribution in [0.15, 0.2) is 59.6 Å². The summed E-state index contributed by atoms with van der Waals surface area (Å²) >= 11 is 1.33. The van der Waals surface area contributed by atoms with Crippen molar-refractivity contribution in [3.8, 4) is 5.75 Å². The molecule has 0 aromatic heterocycles. The second-order valence-corrected chi connectivity index (χ2v) is 6.12. The van der Waals surface area contributed by atoms with Crippen LogP contribution in [0, 0.1) is 0 Å². The van der Waals surface area contributed by atoms with Gasteiger partial charge >= 0.3 is 0 Å². The highest BCUT2D eigenvalue weighted by atomic mass is 32.2. The van der Waals surface area contributed by atoms with Crippen LogP contribution in [0.4, 0.5) is 0 Å². The molecule has 112 valence electrons. The highest BCUT2D eigenvalue weighted by molar-refractivity contribution is 8.15. The topological polar surface area (TPSA) is 64.7 Å². The molecule has 1 aliphatic rings. The van der Waals surface area contributed by atoms with E-state index in [1.165, 1.54) is 11.8 Å². The number of hydrogen-bond acceptors (Lipinski definition) is 5. The first-order valence-corrected chi connectivity index (χ1v) is 7.80. The van der Waals surface area contributed by atoms with Gasteiger partial charge in [0.05, 0.1) is 13.2 Å². The summed E-state index contributed by atoms with van der Waals surface area (Å²) in [7, 11) is 1.60. The molecular weight excluding hydrogens is 296 g/mol. The van der Waals surface area contributed by atoms with Crippen molar-refractivity contribution in [1.29, 1.82) is 0 Å². The number of ketones is 1. The maximum Gasteiger partial charge on any atom is 0.178 e. The number of hydrogen-bond donors (Lipinski definition) is 1. The number of carbonyl (C=O) groups excluding carboxylic acids is 1. The summed E-state index contributed by atoms with van der Waals surface area (Å²) in [4.78, 5) is 17.2. The summed E-state index contributed by atoms with van der Waals surface area (Å²) in [5, 5.41) is 0.136. The average molecular weight is 312 g/mol. The van der Waals surface area contributed by atoms with Gasteiger partial charge in [-0.3, -0.25) is 9.79 Å².